The van der Waals surface area contributed by atoms with Gasteiger partial charge < -0.3 is 19.6 Å². The van der Waals surface area contributed by atoms with E-state index >= 15 is 0 Å². The van der Waals surface area contributed by atoms with Gasteiger partial charge in [0, 0.05) is 19.5 Å². The van der Waals surface area contributed by atoms with Crippen LogP contribution in [0.3, 0.4) is 0 Å². The topological polar surface area (TPSA) is 87.2 Å². The van der Waals surface area contributed by atoms with E-state index in [0.29, 0.717) is 26.1 Å². The molecule has 1 unspecified atom stereocenters. The van der Waals surface area contributed by atoms with Crippen molar-refractivity contribution < 1.29 is 24.2 Å². The summed E-state index contributed by atoms with van der Waals surface area (Å²) in [5, 5.41) is 8.91. The minimum Gasteiger partial charge on any atom is -0.481 e. The van der Waals surface area contributed by atoms with Crippen LogP contribution in [0.2, 0.25) is 0 Å². The lowest BCUT2D eigenvalue weighted by molar-refractivity contribution is -0.149. The molecule has 0 aromatic carbocycles. The highest BCUT2D eigenvalue weighted by Gasteiger charge is 2.31. The van der Waals surface area contributed by atoms with Crippen molar-refractivity contribution in [3.05, 3.63) is 0 Å². The Hall–Kier alpha value is -1.63. The SMILES string of the molecule is O=C(O)CC1COCCN1C(=O)CN1CCCCCC1=O. The van der Waals surface area contributed by atoms with Gasteiger partial charge in [0.15, 0.2) is 0 Å². The first-order chi connectivity index (χ1) is 10.1. The first-order valence-electron chi connectivity index (χ1n) is 7.44. The van der Waals surface area contributed by atoms with Crippen LogP contribution < -0.4 is 0 Å². The number of carboxylic acid groups (broad SMARTS) is 1. The number of carboxylic acids is 1. The van der Waals surface area contributed by atoms with E-state index in [0.717, 1.165) is 19.3 Å². The van der Waals surface area contributed by atoms with Crippen LogP contribution in [0.1, 0.15) is 32.1 Å². The second-order valence-electron chi connectivity index (χ2n) is 5.54. The molecule has 2 amide bonds. The molecule has 21 heavy (non-hydrogen) atoms. The third-order valence-electron chi connectivity index (χ3n) is 3.96. The van der Waals surface area contributed by atoms with Crippen molar-refractivity contribution in [3.63, 3.8) is 0 Å². The number of ether oxygens (including phenoxy) is 1. The smallest absolute Gasteiger partial charge is 0.305 e. The molecule has 2 heterocycles. The van der Waals surface area contributed by atoms with Crippen molar-refractivity contribution in [2.45, 2.75) is 38.1 Å². The Morgan fingerprint density at radius 1 is 1.24 bits per heavy atom. The van der Waals surface area contributed by atoms with Crippen molar-refractivity contribution in [2.75, 3.05) is 32.8 Å². The Morgan fingerprint density at radius 3 is 2.81 bits per heavy atom. The maximum atomic E-state index is 12.4. The third kappa shape index (κ3) is 4.42. The van der Waals surface area contributed by atoms with Crippen LogP contribution in [-0.2, 0) is 19.1 Å². The van der Waals surface area contributed by atoms with Gasteiger partial charge >= 0.3 is 5.97 Å². The highest BCUT2D eigenvalue weighted by molar-refractivity contribution is 5.85. The van der Waals surface area contributed by atoms with Crippen LogP contribution in [0, 0.1) is 0 Å². The quantitative estimate of drug-likeness (QED) is 0.795. The largest absolute Gasteiger partial charge is 0.481 e. The van der Waals surface area contributed by atoms with Gasteiger partial charge in [0.25, 0.3) is 0 Å². The Bertz CT molecular complexity index is 412. The zero-order valence-electron chi connectivity index (χ0n) is 12.1. The van der Waals surface area contributed by atoms with Gasteiger partial charge in [-0.2, -0.15) is 0 Å². The first-order valence-corrected chi connectivity index (χ1v) is 7.44. The van der Waals surface area contributed by atoms with Gasteiger partial charge in [-0.3, -0.25) is 14.4 Å². The van der Waals surface area contributed by atoms with Crippen LogP contribution in [0.5, 0.6) is 0 Å². The summed E-state index contributed by atoms with van der Waals surface area (Å²) in [5.41, 5.74) is 0. The van der Waals surface area contributed by atoms with Gasteiger partial charge in [-0.25, -0.2) is 0 Å². The molecular weight excluding hydrogens is 276 g/mol. The Kier molecular flexibility index (Phi) is 5.55. The number of nitrogens with zero attached hydrogens (tertiary/aromatic N) is 2. The van der Waals surface area contributed by atoms with Crippen LogP contribution in [0.25, 0.3) is 0 Å². The summed E-state index contributed by atoms with van der Waals surface area (Å²) in [5.74, 6) is -1.11. The summed E-state index contributed by atoms with van der Waals surface area (Å²) in [6.45, 7) is 1.70. The molecular formula is C14H22N2O5. The Morgan fingerprint density at radius 2 is 2.05 bits per heavy atom. The van der Waals surface area contributed by atoms with E-state index in [4.69, 9.17) is 9.84 Å². The van der Waals surface area contributed by atoms with Gasteiger partial charge in [0.2, 0.25) is 11.8 Å². The molecule has 2 rings (SSSR count). The number of aliphatic carboxylic acids is 1. The Balaban J connectivity index is 1.96. The average molecular weight is 298 g/mol. The number of amides is 2. The van der Waals surface area contributed by atoms with Crippen LogP contribution >= 0.6 is 0 Å². The monoisotopic (exact) mass is 298 g/mol. The lowest BCUT2D eigenvalue weighted by Crippen LogP contribution is -2.53. The highest BCUT2D eigenvalue weighted by Crippen LogP contribution is 2.14. The second kappa shape index (κ2) is 7.40. The first kappa shape index (κ1) is 15.8. The molecule has 2 saturated heterocycles. The fraction of sp³-hybridized carbons (Fsp3) is 0.786. The molecule has 0 aromatic heterocycles. The van der Waals surface area contributed by atoms with E-state index in [2.05, 4.69) is 0 Å². The zero-order chi connectivity index (χ0) is 15.2. The Labute approximate surface area is 123 Å². The van der Waals surface area contributed by atoms with Crippen molar-refractivity contribution in [1.82, 2.24) is 9.80 Å². The van der Waals surface area contributed by atoms with E-state index in [1.54, 1.807) is 9.80 Å². The number of hydrogen-bond donors (Lipinski definition) is 1. The molecule has 2 aliphatic rings. The summed E-state index contributed by atoms with van der Waals surface area (Å²) < 4.78 is 5.26. The van der Waals surface area contributed by atoms with E-state index in [-0.39, 0.29) is 31.4 Å². The van der Waals surface area contributed by atoms with Crippen molar-refractivity contribution in [2.24, 2.45) is 0 Å². The second-order valence-corrected chi connectivity index (χ2v) is 5.54. The average Bonchev–Trinajstić information content (AvgIpc) is 2.64. The zero-order valence-corrected chi connectivity index (χ0v) is 12.1. The summed E-state index contributed by atoms with van der Waals surface area (Å²) in [6, 6.07) is -0.439. The van der Waals surface area contributed by atoms with Gasteiger partial charge in [0.1, 0.15) is 0 Å². The lowest BCUT2D eigenvalue weighted by Gasteiger charge is -2.36. The number of rotatable bonds is 4. The van der Waals surface area contributed by atoms with Gasteiger partial charge in [0.05, 0.1) is 32.2 Å². The van der Waals surface area contributed by atoms with E-state index in [1.807, 2.05) is 0 Å². The number of carbonyl (C=O) groups is 3. The number of morpholine rings is 1. The van der Waals surface area contributed by atoms with Crippen LogP contribution in [-0.4, -0.2) is 71.6 Å². The molecule has 0 spiro atoms. The molecule has 0 bridgehead atoms. The maximum Gasteiger partial charge on any atom is 0.305 e. The minimum absolute atomic E-state index is 0.0175. The molecule has 1 atom stereocenters. The van der Waals surface area contributed by atoms with E-state index < -0.39 is 12.0 Å². The molecule has 1 N–H and O–H groups in total. The number of likely N-dealkylation sites (tertiary alicyclic amines) is 1. The van der Waals surface area contributed by atoms with Crippen molar-refractivity contribution >= 4 is 17.8 Å². The fourth-order valence-electron chi connectivity index (χ4n) is 2.81. The highest BCUT2D eigenvalue weighted by atomic mass is 16.5. The predicted molar refractivity (Wildman–Crippen MR) is 73.6 cm³/mol. The molecule has 2 fully saturated rings. The fourth-order valence-corrected chi connectivity index (χ4v) is 2.81. The van der Waals surface area contributed by atoms with Gasteiger partial charge in [-0.1, -0.05) is 6.42 Å². The van der Waals surface area contributed by atoms with Crippen molar-refractivity contribution in [1.29, 1.82) is 0 Å². The molecule has 0 aliphatic carbocycles. The number of carbonyl (C=O) groups excluding carboxylic acids is 2. The summed E-state index contributed by atoms with van der Waals surface area (Å²) >= 11 is 0. The van der Waals surface area contributed by atoms with Gasteiger partial charge in [-0.05, 0) is 12.8 Å². The van der Waals surface area contributed by atoms with Crippen LogP contribution in [0.15, 0.2) is 0 Å². The summed E-state index contributed by atoms with van der Waals surface area (Å²) in [4.78, 5) is 38.3. The molecule has 0 aromatic rings. The molecule has 0 saturated carbocycles. The van der Waals surface area contributed by atoms with Crippen LogP contribution in [0.4, 0.5) is 0 Å². The molecule has 7 nitrogen and oxygen atoms in total. The van der Waals surface area contributed by atoms with Gasteiger partial charge in [-0.15, -0.1) is 0 Å². The maximum absolute atomic E-state index is 12.4. The third-order valence-corrected chi connectivity index (χ3v) is 3.96. The molecule has 2 aliphatic heterocycles. The standard InChI is InChI=1S/C14H22N2O5/c17-12-4-2-1-3-5-15(12)9-13(18)16-6-7-21-10-11(16)8-14(19)20/h11H,1-10H2,(H,19,20). The summed E-state index contributed by atoms with van der Waals surface area (Å²) in [7, 11) is 0. The molecule has 118 valence electrons. The lowest BCUT2D eigenvalue weighted by atomic mass is 10.1. The number of hydrogen-bond acceptors (Lipinski definition) is 4. The summed E-state index contributed by atoms with van der Waals surface area (Å²) in [6.07, 6.45) is 3.17. The predicted octanol–water partition coefficient (Wildman–Crippen LogP) is 0.0911. The molecule has 0 radical (unpaired) electrons. The molecule has 7 heteroatoms. The van der Waals surface area contributed by atoms with E-state index in [1.165, 1.54) is 0 Å². The minimum atomic E-state index is -0.950. The normalized spacial score (nSPS) is 23.8. The van der Waals surface area contributed by atoms with Crippen molar-refractivity contribution in [3.8, 4) is 0 Å². The van der Waals surface area contributed by atoms with E-state index in [9.17, 15) is 14.4 Å².